The maximum atomic E-state index is 12.7. The van der Waals surface area contributed by atoms with E-state index in [1.54, 1.807) is 24.3 Å². The first-order valence-electron chi connectivity index (χ1n) is 6.49. The Kier molecular flexibility index (Phi) is 4.32. The molecule has 0 bridgehead atoms. The molecule has 0 spiro atoms. The van der Waals surface area contributed by atoms with Crippen LogP contribution in [-0.2, 0) is 4.79 Å². The fraction of sp³-hybridized carbons (Fsp3) is 0.400. The van der Waals surface area contributed by atoms with E-state index in [1.165, 1.54) is 12.1 Å². The van der Waals surface area contributed by atoms with Crippen LogP contribution in [0.25, 0.3) is 6.08 Å². The van der Waals surface area contributed by atoms with Gasteiger partial charge in [-0.2, -0.15) is 0 Å². The van der Waals surface area contributed by atoms with Crippen LogP contribution in [0.5, 0.6) is 0 Å². The summed E-state index contributed by atoms with van der Waals surface area (Å²) in [6.45, 7) is 0.330. The van der Waals surface area contributed by atoms with E-state index in [-0.39, 0.29) is 18.1 Å². The van der Waals surface area contributed by atoms with E-state index >= 15 is 0 Å². The van der Waals surface area contributed by atoms with Crippen molar-refractivity contribution in [2.24, 2.45) is 0 Å². The molecule has 4 heteroatoms. The van der Waals surface area contributed by atoms with Crippen LogP contribution in [0.2, 0.25) is 0 Å². The lowest BCUT2D eigenvalue weighted by Crippen LogP contribution is -2.47. The van der Waals surface area contributed by atoms with Gasteiger partial charge in [0.25, 0.3) is 0 Å². The third-order valence-corrected chi connectivity index (χ3v) is 3.38. The summed E-state index contributed by atoms with van der Waals surface area (Å²) in [5.74, 6) is -0.387. The van der Waals surface area contributed by atoms with Crippen LogP contribution in [0, 0.1) is 5.82 Å². The molecule has 1 aromatic carbocycles. The van der Waals surface area contributed by atoms with Crippen molar-refractivity contribution < 1.29 is 14.3 Å². The zero-order valence-electron chi connectivity index (χ0n) is 10.7. The zero-order valence-corrected chi connectivity index (χ0v) is 10.7. The molecular weight excluding hydrogens is 245 g/mol. The van der Waals surface area contributed by atoms with Gasteiger partial charge in [0.2, 0.25) is 5.91 Å². The van der Waals surface area contributed by atoms with Gasteiger partial charge in [-0.25, -0.2) is 4.39 Å². The van der Waals surface area contributed by atoms with Crippen LogP contribution >= 0.6 is 0 Å². The average molecular weight is 263 g/mol. The molecule has 0 unspecified atom stereocenters. The molecule has 2 rings (SSSR count). The highest BCUT2D eigenvalue weighted by molar-refractivity contribution is 5.78. The molecule has 1 amide bonds. The van der Waals surface area contributed by atoms with E-state index < -0.39 is 5.60 Å². The fourth-order valence-electron chi connectivity index (χ4n) is 1.97. The molecule has 19 heavy (non-hydrogen) atoms. The monoisotopic (exact) mass is 263 g/mol. The van der Waals surface area contributed by atoms with E-state index in [4.69, 9.17) is 0 Å². The molecule has 0 saturated heterocycles. The standard InChI is InChI=1S/C15H18FNO2/c16-13-7-5-12(6-8-13)3-1-4-14(18)17-11-15(19)9-2-10-15/h1,3,5-8,19H,2,4,9-11H2,(H,17,18). The number of nitrogens with one attached hydrogen (secondary N) is 1. The first kappa shape index (κ1) is 13.7. The highest BCUT2D eigenvalue weighted by atomic mass is 19.1. The van der Waals surface area contributed by atoms with Crippen molar-refractivity contribution in [3.8, 4) is 0 Å². The van der Waals surface area contributed by atoms with Gasteiger partial charge < -0.3 is 10.4 Å². The second-order valence-electron chi connectivity index (χ2n) is 5.01. The number of aliphatic hydroxyl groups is 1. The number of carbonyl (C=O) groups excluding carboxylic acids is 1. The summed E-state index contributed by atoms with van der Waals surface area (Å²) in [5, 5.41) is 12.5. The normalized spacial score (nSPS) is 17.2. The molecule has 0 aromatic heterocycles. The number of hydrogen-bond donors (Lipinski definition) is 2. The summed E-state index contributed by atoms with van der Waals surface area (Å²) in [7, 11) is 0. The maximum absolute atomic E-state index is 12.7. The number of rotatable bonds is 5. The Morgan fingerprint density at radius 2 is 2.05 bits per heavy atom. The Morgan fingerprint density at radius 3 is 2.63 bits per heavy atom. The number of benzene rings is 1. The third kappa shape index (κ3) is 4.17. The lowest BCUT2D eigenvalue weighted by atomic mass is 9.80. The average Bonchev–Trinajstić information content (AvgIpc) is 2.36. The van der Waals surface area contributed by atoms with Crippen LogP contribution in [0.4, 0.5) is 4.39 Å². The highest BCUT2D eigenvalue weighted by Crippen LogP contribution is 2.30. The van der Waals surface area contributed by atoms with Crippen LogP contribution in [0.1, 0.15) is 31.2 Å². The first-order chi connectivity index (χ1) is 9.07. The maximum Gasteiger partial charge on any atom is 0.223 e. The summed E-state index contributed by atoms with van der Waals surface area (Å²) in [5.41, 5.74) is 0.169. The van der Waals surface area contributed by atoms with Crippen molar-refractivity contribution in [2.75, 3.05) is 6.54 Å². The molecule has 1 aliphatic rings. The molecule has 1 fully saturated rings. The topological polar surface area (TPSA) is 49.3 Å². The van der Waals surface area contributed by atoms with Gasteiger partial charge in [-0.3, -0.25) is 4.79 Å². The van der Waals surface area contributed by atoms with Crippen molar-refractivity contribution in [3.63, 3.8) is 0 Å². The Labute approximate surface area is 112 Å². The zero-order chi connectivity index (χ0) is 13.7. The van der Waals surface area contributed by atoms with Crippen molar-refractivity contribution >= 4 is 12.0 Å². The molecule has 3 nitrogen and oxygen atoms in total. The van der Waals surface area contributed by atoms with E-state index in [9.17, 15) is 14.3 Å². The van der Waals surface area contributed by atoms with E-state index in [2.05, 4.69) is 5.32 Å². The first-order valence-corrected chi connectivity index (χ1v) is 6.49. The van der Waals surface area contributed by atoms with E-state index in [0.29, 0.717) is 6.54 Å². The second-order valence-corrected chi connectivity index (χ2v) is 5.01. The minimum atomic E-state index is -0.684. The third-order valence-electron chi connectivity index (χ3n) is 3.38. The number of amides is 1. The van der Waals surface area contributed by atoms with E-state index in [0.717, 1.165) is 24.8 Å². The number of carbonyl (C=O) groups is 1. The Morgan fingerprint density at radius 1 is 1.37 bits per heavy atom. The van der Waals surface area contributed by atoms with Crippen LogP contribution in [-0.4, -0.2) is 23.2 Å². The largest absolute Gasteiger partial charge is 0.388 e. The van der Waals surface area contributed by atoms with Gasteiger partial charge in [0, 0.05) is 13.0 Å². The summed E-state index contributed by atoms with van der Waals surface area (Å²) in [6, 6.07) is 6.07. The minimum absolute atomic E-state index is 0.112. The Bertz CT molecular complexity index is 464. The molecule has 0 heterocycles. The summed E-state index contributed by atoms with van der Waals surface area (Å²) in [4.78, 5) is 11.5. The molecule has 0 aliphatic heterocycles. The van der Waals surface area contributed by atoms with Crippen LogP contribution in [0.15, 0.2) is 30.3 Å². The van der Waals surface area contributed by atoms with Crippen molar-refractivity contribution in [2.45, 2.75) is 31.3 Å². The predicted molar refractivity (Wildman–Crippen MR) is 71.9 cm³/mol. The van der Waals surface area contributed by atoms with Gasteiger partial charge in [0.05, 0.1) is 5.60 Å². The van der Waals surface area contributed by atoms with Gasteiger partial charge in [0.15, 0.2) is 0 Å². The van der Waals surface area contributed by atoms with Gasteiger partial charge in [-0.15, -0.1) is 0 Å². The molecule has 1 aromatic rings. The molecule has 1 aliphatic carbocycles. The second kappa shape index (κ2) is 5.97. The van der Waals surface area contributed by atoms with Crippen molar-refractivity contribution in [3.05, 3.63) is 41.7 Å². The number of hydrogen-bond acceptors (Lipinski definition) is 2. The predicted octanol–water partition coefficient (Wildman–Crippen LogP) is 2.26. The van der Waals surface area contributed by atoms with Crippen LogP contribution in [0.3, 0.4) is 0 Å². The minimum Gasteiger partial charge on any atom is -0.388 e. The van der Waals surface area contributed by atoms with Crippen molar-refractivity contribution in [1.82, 2.24) is 5.32 Å². The van der Waals surface area contributed by atoms with Crippen LogP contribution < -0.4 is 5.32 Å². The molecule has 102 valence electrons. The van der Waals surface area contributed by atoms with Gasteiger partial charge in [-0.1, -0.05) is 24.3 Å². The Hall–Kier alpha value is -1.68. The smallest absolute Gasteiger partial charge is 0.223 e. The van der Waals surface area contributed by atoms with Gasteiger partial charge in [0.1, 0.15) is 5.82 Å². The quantitative estimate of drug-likeness (QED) is 0.856. The SMILES string of the molecule is O=C(CC=Cc1ccc(F)cc1)NCC1(O)CCC1. The highest BCUT2D eigenvalue weighted by Gasteiger charge is 2.34. The summed E-state index contributed by atoms with van der Waals surface area (Å²) in [6.07, 6.45) is 6.31. The molecule has 2 N–H and O–H groups in total. The fourth-order valence-corrected chi connectivity index (χ4v) is 1.97. The molecular formula is C15H18FNO2. The lowest BCUT2D eigenvalue weighted by Gasteiger charge is -2.36. The molecule has 1 saturated carbocycles. The number of halogens is 1. The van der Waals surface area contributed by atoms with Crippen molar-refractivity contribution in [1.29, 1.82) is 0 Å². The molecule has 0 atom stereocenters. The lowest BCUT2D eigenvalue weighted by molar-refractivity contribution is -0.122. The van der Waals surface area contributed by atoms with Gasteiger partial charge >= 0.3 is 0 Å². The molecule has 0 radical (unpaired) electrons. The summed E-state index contributed by atoms with van der Waals surface area (Å²) < 4.78 is 12.7. The van der Waals surface area contributed by atoms with Gasteiger partial charge in [-0.05, 0) is 37.0 Å². The Balaban J connectivity index is 1.72. The van der Waals surface area contributed by atoms with E-state index in [1.807, 2.05) is 0 Å². The summed E-state index contributed by atoms with van der Waals surface area (Å²) >= 11 is 0.